The third-order valence-electron chi connectivity index (χ3n) is 2.12. The first-order valence-electron chi connectivity index (χ1n) is 4.68. The molecule has 0 atom stereocenters. The smallest absolute Gasteiger partial charge is 0.323 e. The van der Waals surface area contributed by atoms with Crippen LogP contribution in [0.3, 0.4) is 0 Å². The molecular formula is C9H11N5O2. The topological polar surface area (TPSA) is 83.6 Å². The maximum Gasteiger partial charge on any atom is 0.323 e. The molecule has 0 aliphatic rings. The zero-order chi connectivity index (χ0) is 11.7. The van der Waals surface area contributed by atoms with Crippen molar-refractivity contribution in [3.63, 3.8) is 0 Å². The molecule has 0 aromatic carbocycles. The van der Waals surface area contributed by atoms with Crippen LogP contribution in [0.4, 0.5) is 5.82 Å². The number of aromatic nitrogens is 4. The molecule has 0 fully saturated rings. The molecule has 2 heterocycles. The molecular weight excluding hydrogens is 210 g/mol. The second-order valence-corrected chi connectivity index (χ2v) is 3.48. The van der Waals surface area contributed by atoms with E-state index in [4.69, 9.17) is 5.11 Å². The summed E-state index contributed by atoms with van der Waals surface area (Å²) in [5.74, 6) is 0.222. The van der Waals surface area contributed by atoms with Crippen LogP contribution in [-0.4, -0.2) is 44.3 Å². The predicted octanol–water partition coefficient (Wildman–Crippen LogP) is -0.0465. The standard InChI is InChI=1S/C9H11N5O2/c1-6-3-7(13(2)4-8(15)16)14-9(12-6)10-5-11-14/h3,5H,4H2,1-2H3,(H,15,16). The van der Waals surface area contributed by atoms with Gasteiger partial charge >= 0.3 is 5.97 Å². The van der Waals surface area contributed by atoms with E-state index in [0.717, 1.165) is 5.69 Å². The number of hydrogen-bond acceptors (Lipinski definition) is 5. The van der Waals surface area contributed by atoms with E-state index in [0.29, 0.717) is 11.6 Å². The van der Waals surface area contributed by atoms with Gasteiger partial charge in [-0.3, -0.25) is 4.79 Å². The maximum atomic E-state index is 10.6. The normalized spacial score (nSPS) is 10.6. The van der Waals surface area contributed by atoms with Gasteiger partial charge < -0.3 is 10.0 Å². The maximum absolute atomic E-state index is 10.6. The molecule has 7 nitrogen and oxygen atoms in total. The van der Waals surface area contributed by atoms with Crippen LogP contribution in [-0.2, 0) is 4.79 Å². The van der Waals surface area contributed by atoms with Gasteiger partial charge in [0.1, 0.15) is 18.7 Å². The minimum Gasteiger partial charge on any atom is -0.480 e. The van der Waals surface area contributed by atoms with Crippen LogP contribution in [0.15, 0.2) is 12.4 Å². The summed E-state index contributed by atoms with van der Waals surface area (Å²) < 4.78 is 1.51. The first-order valence-corrected chi connectivity index (χ1v) is 4.68. The zero-order valence-corrected chi connectivity index (χ0v) is 8.95. The third-order valence-corrected chi connectivity index (χ3v) is 2.12. The first kappa shape index (κ1) is 10.3. The summed E-state index contributed by atoms with van der Waals surface area (Å²) in [5.41, 5.74) is 0.771. The van der Waals surface area contributed by atoms with E-state index in [1.165, 1.54) is 10.8 Å². The van der Waals surface area contributed by atoms with E-state index in [-0.39, 0.29) is 6.54 Å². The lowest BCUT2D eigenvalue weighted by molar-refractivity contribution is -0.135. The summed E-state index contributed by atoms with van der Waals surface area (Å²) in [4.78, 5) is 20.4. The van der Waals surface area contributed by atoms with Crippen LogP contribution >= 0.6 is 0 Å². The second kappa shape index (κ2) is 3.76. The number of fused-ring (bicyclic) bond motifs is 1. The number of carbonyl (C=O) groups is 1. The van der Waals surface area contributed by atoms with E-state index in [9.17, 15) is 4.79 Å². The van der Waals surface area contributed by atoms with Gasteiger partial charge in [0.05, 0.1) is 0 Å². The molecule has 0 bridgehead atoms. The molecule has 1 N–H and O–H groups in total. The van der Waals surface area contributed by atoms with E-state index in [1.807, 2.05) is 6.92 Å². The molecule has 0 saturated carbocycles. The fraction of sp³-hybridized carbons (Fsp3) is 0.333. The molecule has 0 amide bonds. The Kier molecular flexibility index (Phi) is 2.43. The third kappa shape index (κ3) is 1.79. The molecule has 0 radical (unpaired) electrons. The number of anilines is 1. The van der Waals surface area contributed by atoms with Crippen molar-refractivity contribution in [1.82, 2.24) is 19.6 Å². The van der Waals surface area contributed by atoms with Crippen LogP contribution in [0, 0.1) is 6.92 Å². The largest absolute Gasteiger partial charge is 0.480 e. The van der Waals surface area contributed by atoms with E-state index in [1.54, 1.807) is 18.0 Å². The highest BCUT2D eigenvalue weighted by Gasteiger charge is 2.11. The van der Waals surface area contributed by atoms with E-state index >= 15 is 0 Å². The highest BCUT2D eigenvalue weighted by atomic mass is 16.4. The van der Waals surface area contributed by atoms with Crippen molar-refractivity contribution in [2.75, 3.05) is 18.5 Å². The lowest BCUT2D eigenvalue weighted by atomic mass is 10.4. The molecule has 0 spiro atoms. The van der Waals surface area contributed by atoms with Crippen molar-refractivity contribution in [1.29, 1.82) is 0 Å². The van der Waals surface area contributed by atoms with Crippen LogP contribution in [0.1, 0.15) is 5.69 Å². The minimum absolute atomic E-state index is 0.0988. The summed E-state index contributed by atoms with van der Waals surface area (Å²) in [6, 6.07) is 1.77. The average Bonchev–Trinajstić information content (AvgIpc) is 2.62. The number of nitrogens with zero attached hydrogens (tertiary/aromatic N) is 5. The van der Waals surface area contributed by atoms with E-state index in [2.05, 4.69) is 15.1 Å². The van der Waals surface area contributed by atoms with Crippen molar-refractivity contribution in [3.05, 3.63) is 18.1 Å². The fourth-order valence-corrected chi connectivity index (χ4v) is 1.47. The van der Waals surface area contributed by atoms with Gasteiger partial charge in [-0.25, -0.2) is 4.98 Å². The Morgan fingerprint density at radius 1 is 1.62 bits per heavy atom. The summed E-state index contributed by atoms with van der Waals surface area (Å²) in [6.45, 7) is 1.73. The SMILES string of the molecule is Cc1cc(N(C)CC(=O)O)n2ncnc2n1. The molecule has 7 heteroatoms. The highest BCUT2D eigenvalue weighted by Crippen LogP contribution is 2.13. The minimum atomic E-state index is -0.898. The molecule has 0 aliphatic heterocycles. The number of carboxylic acids is 1. The zero-order valence-electron chi connectivity index (χ0n) is 8.95. The molecule has 2 aromatic rings. The number of carboxylic acid groups (broad SMARTS) is 1. The van der Waals surface area contributed by atoms with Gasteiger partial charge in [-0.2, -0.15) is 14.6 Å². The van der Waals surface area contributed by atoms with Gasteiger partial charge in [0, 0.05) is 18.8 Å². The summed E-state index contributed by atoms with van der Waals surface area (Å²) in [7, 11) is 1.68. The van der Waals surface area contributed by atoms with Crippen LogP contribution < -0.4 is 4.90 Å². The van der Waals surface area contributed by atoms with Crippen LogP contribution in [0.25, 0.3) is 5.78 Å². The quantitative estimate of drug-likeness (QED) is 0.782. The summed E-state index contributed by atoms with van der Waals surface area (Å²) >= 11 is 0. The number of likely N-dealkylation sites (N-methyl/N-ethyl adjacent to an activating group) is 1. The van der Waals surface area contributed by atoms with Crippen LogP contribution in [0.2, 0.25) is 0 Å². The Morgan fingerprint density at radius 3 is 3.06 bits per heavy atom. The average molecular weight is 221 g/mol. The summed E-state index contributed by atoms with van der Waals surface area (Å²) in [6.07, 6.45) is 1.39. The molecule has 2 aromatic heterocycles. The Hall–Kier alpha value is -2.18. The van der Waals surface area contributed by atoms with Gasteiger partial charge in [-0.1, -0.05) is 0 Å². The molecule has 84 valence electrons. The van der Waals surface area contributed by atoms with Crippen molar-refractivity contribution in [2.45, 2.75) is 6.92 Å². The van der Waals surface area contributed by atoms with E-state index < -0.39 is 5.97 Å². The molecule has 0 saturated heterocycles. The number of hydrogen-bond donors (Lipinski definition) is 1. The van der Waals surface area contributed by atoms with Gasteiger partial charge in [0.25, 0.3) is 5.78 Å². The Labute approximate surface area is 91.4 Å². The molecule has 16 heavy (non-hydrogen) atoms. The van der Waals surface area contributed by atoms with Crippen molar-refractivity contribution >= 4 is 17.6 Å². The first-order chi connectivity index (χ1) is 7.58. The lowest BCUT2D eigenvalue weighted by Gasteiger charge is -2.17. The fourth-order valence-electron chi connectivity index (χ4n) is 1.47. The highest BCUT2D eigenvalue weighted by molar-refractivity contribution is 5.73. The Balaban J connectivity index is 2.49. The predicted molar refractivity (Wildman–Crippen MR) is 56.4 cm³/mol. The molecule has 0 aliphatic carbocycles. The monoisotopic (exact) mass is 221 g/mol. The molecule has 2 rings (SSSR count). The Morgan fingerprint density at radius 2 is 2.38 bits per heavy atom. The van der Waals surface area contributed by atoms with Crippen LogP contribution in [0.5, 0.6) is 0 Å². The Bertz CT molecular complexity index is 536. The van der Waals surface area contributed by atoms with Gasteiger partial charge in [-0.15, -0.1) is 0 Å². The van der Waals surface area contributed by atoms with Crippen molar-refractivity contribution in [3.8, 4) is 0 Å². The van der Waals surface area contributed by atoms with Crippen molar-refractivity contribution in [2.24, 2.45) is 0 Å². The number of aryl methyl sites for hydroxylation is 1. The second-order valence-electron chi connectivity index (χ2n) is 3.48. The lowest BCUT2D eigenvalue weighted by Crippen LogP contribution is -2.27. The van der Waals surface area contributed by atoms with Gasteiger partial charge in [-0.05, 0) is 6.92 Å². The summed E-state index contributed by atoms with van der Waals surface area (Å²) in [5, 5.41) is 12.7. The van der Waals surface area contributed by atoms with Crippen molar-refractivity contribution < 1.29 is 9.90 Å². The number of aliphatic carboxylic acids is 1. The van der Waals surface area contributed by atoms with Gasteiger partial charge in [0.2, 0.25) is 0 Å². The molecule has 0 unspecified atom stereocenters. The van der Waals surface area contributed by atoms with Gasteiger partial charge in [0.15, 0.2) is 0 Å². The number of rotatable bonds is 3.